The number of aromatic hydroxyl groups is 2. The molecule has 1 unspecified atom stereocenters. The van der Waals surface area contributed by atoms with Crippen LogP contribution in [0.2, 0.25) is 0 Å². The van der Waals surface area contributed by atoms with E-state index in [-0.39, 0.29) is 29.0 Å². The van der Waals surface area contributed by atoms with Crippen LogP contribution in [0.15, 0.2) is 66.7 Å². The molecule has 0 heterocycles. The second-order valence-electron chi connectivity index (χ2n) is 5.48. The monoisotopic (exact) mass is 324 g/mol. The Hall–Kier alpha value is -3.01. The van der Waals surface area contributed by atoms with Crippen LogP contribution in [0.3, 0.4) is 0 Å². The largest absolute Gasteiger partial charge is 0.507 e. The summed E-state index contributed by atoms with van der Waals surface area (Å²) in [5.41, 5.74) is 2.25. The van der Waals surface area contributed by atoms with Crippen LogP contribution in [0, 0.1) is 5.82 Å². The number of hydrogen-bond acceptors (Lipinski definition) is 3. The number of methoxy groups -OCH3 is 1. The van der Waals surface area contributed by atoms with Gasteiger partial charge in [0, 0.05) is 17.5 Å². The minimum atomic E-state index is -0.344. The fraction of sp³-hybridized carbons (Fsp3) is 0.100. The lowest BCUT2D eigenvalue weighted by Crippen LogP contribution is -2.04. The Kier molecular flexibility index (Phi) is 4.38. The van der Waals surface area contributed by atoms with Crippen LogP contribution >= 0.6 is 0 Å². The number of ether oxygens (including phenoxy) is 1. The molecule has 2 N–H and O–H groups in total. The molecule has 0 saturated carbocycles. The Balaban J connectivity index is 2.19. The molecule has 0 aliphatic heterocycles. The van der Waals surface area contributed by atoms with Crippen LogP contribution in [-0.2, 0) is 0 Å². The van der Waals surface area contributed by atoms with Gasteiger partial charge in [-0.05, 0) is 29.3 Å². The van der Waals surface area contributed by atoms with Gasteiger partial charge in [-0.25, -0.2) is 4.39 Å². The first-order valence-corrected chi connectivity index (χ1v) is 7.50. The van der Waals surface area contributed by atoms with Crippen molar-refractivity contribution >= 4 is 0 Å². The molecule has 122 valence electrons. The second kappa shape index (κ2) is 6.62. The zero-order chi connectivity index (χ0) is 17.1. The third kappa shape index (κ3) is 3.04. The number of phenolic OH excluding ortho intramolecular Hbond substituents is 2. The number of phenols is 2. The van der Waals surface area contributed by atoms with Crippen LogP contribution in [0.5, 0.6) is 17.2 Å². The molecule has 3 aromatic carbocycles. The van der Waals surface area contributed by atoms with E-state index in [1.165, 1.54) is 31.4 Å². The van der Waals surface area contributed by atoms with Crippen molar-refractivity contribution in [1.29, 1.82) is 0 Å². The average molecular weight is 324 g/mol. The smallest absolute Gasteiger partial charge is 0.164 e. The molecule has 0 aliphatic carbocycles. The molecule has 0 amide bonds. The summed E-state index contributed by atoms with van der Waals surface area (Å²) in [5, 5.41) is 20.5. The van der Waals surface area contributed by atoms with Crippen molar-refractivity contribution in [3.05, 3.63) is 89.2 Å². The van der Waals surface area contributed by atoms with Crippen LogP contribution < -0.4 is 4.74 Å². The molecule has 3 rings (SSSR count). The van der Waals surface area contributed by atoms with Gasteiger partial charge in [0.15, 0.2) is 11.5 Å². The van der Waals surface area contributed by atoms with Crippen LogP contribution in [-0.4, -0.2) is 17.3 Å². The molecule has 0 spiro atoms. The molecule has 0 fully saturated rings. The summed E-state index contributed by atoms with van der Waals surface area (Å²) in [7, 11) is 1.42. The molecule has 24 heavy (non-hydrogen) atoms. The minimum Gasteiger partial charge on any atom is -0.507 e. The van der Waals surface area contributed by atoms with Crippen molar-refractivity contribution in [2.24, 2.45) is 0 Å². The Morgan fingerprint density at radius 2 is 1.46 bits per heavy atom. The lowest BCUT2D eigenvalue weighted by Gasteiger charge is -2.21. The predicted octanol–water partition coefficient (Wildman–Crippen LogP) is 4.43. The third-order valence-corrected chi connectivity index (χ3v) is 3.98. The lowest BCUT2D eigenvalue weighted by atomic mass is 9.84. The summed E-state index contributed by atoms with van der Waals surface area (Å²) >= 11 is 0. The summed E-state index contributed by atoms with van der Waals surface area (Å²) in [4.78, 5) is 0. The fourth-order valence-corrected chi connectivity index (χ4v) is 2.82. The van der Waals surface area contributed by atoms with Crippen molar-refractivity contribution in [1.82, 2.24) is 0 Å². The van der Waals surface area contributed by atoms with E-state index in [4.69, 9.17) is 4.74 Å². The Labute approximate surface area is 139 Å². The summed E-state index contributed by atoms with van der Waals surface area (Å²) < 4.78 is 18.3. The molecule has 0 bridgehead atoms. The molecule has 0 saturated heterocycles. The summed E-state index contributed by atoms with van der Waals surface area (Å²) in [5.74, 6) is -0.533. The van der Waals surface area contributed by atoms with Crippen LogP contribution in [0.25, 0.3) is 0 Å². The highest BCUT2D eigenvalue weighted by Gasteiger charge is 2.22. The van der Waals surface area contributed by atoms with E-state index < -0.39 is 0 Å². The van der Waals surface area contributed by atoms with Gasteiger partial charge in [-0.2, -0.15) is 0 Å². The minimum absolute atomic E-state index is 0.00262. The van der Waals surface area contributed by atoms with Crippen molar-refractivity contribution < 1.29 is 19.3 Å². The standard InChI is InChI=1S/C20H17FO3/c1-24-19-12-17(22)16(11-18(19)23)20(13-5-3-2-4-6-13)14-7-9-15(21)10-8-14/h2-12,20,22-23H,1H3. The van der Waals surface area contributed by atoms with Crippen molar-refractivity contribution in [2.45, 2.75) is 5.92 Å². The number of rotatable bonds is 4. The maximum atomic E-state index is 13.3. The van der Waals surface area contributed by atoms with E-state index in [1.807, 2.05) is 30.3 Å². The molecule has 4 heteroatoms. The topological polar surface area (TPSA) is 49.7 Å². The maximum absolute atomic E-state index is 13.3. The second-order valence-corrected chi connectivity index (χ2v) is 5.48. The van der Waals surface area contributed by atoms with Gasteiger partial charge in [-0.1, -0.05) is 42.5 Å². The van der Waals surface area contributed by atoms with E-state index >= 15 is 0 Å². The number of benzene rings is 3. The van der Waals surface area contributed by atoms with Crippen molar-refractivity contribution in [2.75, 3.05) is 7.11 Å². The third-order valence-electron chi connectivity index (χ3n) is 3.98. The van der Waals surface area contributed by atoms with Gasteiger partial charge >= 0.3 is 0 Å². The molecule has 1 atom stereocenters. The molecular weight excluding hydrogens is 307 g/mol. The van der Waals surface area contributed by atoms with E-state index in [2.05, 4.69) is 0 Å². The molecular formula is C20H17FO3. The van der Waals surface area contributed by atoms with Gasteiger partial charge in [0.2, 0.25) is 0 Å². The highest BCUT2D eigenvalue weighted by molar-refractivity contribution is 5.55. The predicted molar refractivity (Wildman–Crippen MR) is 90.1 cm³/mol. The van der Waals surface area contributed by atoms with Gasteiger partial charge in [-0.15, -0.1) is 0 Å². The highest BCUT2D eigenvalue weighted by Crippen LogP contribution is 2.42. The highest BCUT2D eigenvalue weighted by atomic mass is 19.1. The Bertz CT molecular complexity index is 830. The summed E-state index contributed by atoms with van der Waals surface area (Å²) in [6, 6.07) is 18.5. The molecule has 0 aliphatic rings. The summed E-state index contributed by atoms with van der Waals surface area (Å²) in [6.45, 7) is 0. The van der Waals surface area contributed by atoms with Gasteiger partial charge in [0.25, 0.3) is 0 Å². The van der Waals surface area contributed by atoms with Crippen molar-refractivity contribution in [3.8, 4) is 17.2 Å². The first-order valence-electron chi connectivity index (χ1n) is 7.50. The maximum Gasteiger partial charge on any atom is 0.164 e. The van der Waals surface area contributed by atoms with E-state index in [1.54, 1.807) is 12.1 Å². The first kappa shape index (κ1) is 15.9. The zero-order valence-electron chi connectivity index (χ0n) is 13.1. The Morgan fingerprint density at radius 1 is 0.833 bits per heavy atom. The quantitative estimate of drug-likeness (QED) is 0.551. The summed E-state index contributed by atoms with van der Waals surface area (Å²) in [6.07, 6.45) is 0. The Morgan fingerprint density at radius 3 is 2.08 bits per heavy atom. The SMILES string of the molecule is COc1cc(O)c(C(c2ccccc2)c2ccc(F)cc2)cc1O. The number of halogens is 1. The molecule has 0 aromatic heterocycles. The number of hydrogen-bond donors (Lipinski definition) is 2. The van der Waals surface area contributed by atoms with Gasteiger partial charge in [0.05, 0.1) is 7.11 Å². The molecule has 0 radical (unpaired) electrons. The molecule has 3 nitrogen and oxygen atoms in total. The van der Waals surface area contributed by atoms with Gasteiger partial charge < -0.3 is 14.9 Å². The zero-order valence-corrected chi connectivity index (χ0v) is 13.1. The van der Waals surface area contributed by atoms with E-state index in [0.717, 1.165) is 11.1 Å². The lowest BCUT2D eigenvalue weighted by molar-refractivity contribution is 0.367. The van der Waals surface area contributed by atoms with Crippen molar-refractivity contribution in [3.63, 3.8) is 0 Å². The van der Waals surface area contributed by atoms with E-state index in [0.29, 0.717) is 5.56 Å². The van der Waals surface area contributed by atoms with Crippen LogP contribution in [0.4, 0.5) is 4.39 Å². The van der Waals surface area contributed by atoms with E-state index in [9.17, 15) is 14.6 Å². The van der Waals surface area contributed by atoms with Crippen LogP contribution in [0.1, 0.15) is 22.6 Å². The van der Waals surface area contributed by atoms with Gasteiger partial charge in [-0.3, -0.25) is 0 Å². The molecule has 3 aromatic rings. The fourth-order valence-electron chi connectivity index (χ4n) is 2.82. The first-order chi connectivity index (χ1) is 11.6. The normalized spacial score (nSPS) is 11.9. The average Bonchev–Trinajstić information content (AvgIpc) is 2.60. The van der Waals surface area contributed by atoms with Gasteiger partial charge in [0.1, 0.15) is 11.6 Å².